The lowest BCUT2D eigenvalue weighted by molar-refractivity contribution is -0.118. The number of Topliss-reactive ketones (excluding diaryl/α,β-unsaturated/α-hetero) is 1. The second-order valence-corrected chi connectivity index (χ2v) is 5.20. The van der Waals surface area contributed by atoms with Crippen LogP contribution in [0.5, 0.6) is 0 Å². The first-order valence-electron chi connectivity index (χ1n) is 5.18. The van der Waals surface area contributed by atoms with Gasteiger partial charge in [0.2, 0.25) is 0 Å². The van der Waals surface area contributed by atoms with Gasteiger partial charge < -0.3 is 0 Å². The van der Waals surface area contributed by atoms with E-state index >= 15 is 0 Å². The van der Waals surface area contributed by atoms with Gasteiger partial charge in [-0.15, -0.1) is 0 Å². The van der Waals surface area contributed by atoms with E-state index in [0.29, 0.717) is 5.78 Å². The first kappa shape index (κ1) is 9.66. The van der Waals surface area contributed by atoms with E-state index in [-0.39, 0.29) is 4.83 Å². The van der Waals surface area contributed by atoms with Crippen molar-refractivity contribution in [3.8, 4) is 0 Å². The van der Waals surface area contributed by atoms with Gasteiger partial charge in [0.15, 0.2) is 0 Å². The van der Waals surface area contributed by atoms with Crippen LogP contribution in [-0.2, 0) is 4.79 Å². The van der Waals surface area contributed by atoms with E-state index < -0.39 is 0 Å². The van der Waals surface area contributed by atoms with Crippen LogP contribution in [0.15, 0.2) is 0 Å². The van der Waals surface area contributed by atoms with E-state index in [2.05, 4.69) is 20.8 Å². The van der Waals surface area contributed by atoms with Gasteiger partial charge in [-0.25, -0.2) is 0 Å². The summed E-state index contributed by atoms with van der Waals surface area (Å²) in [6, 6.07) is 0.797. The molecular weight excluding hydrogens is 230 g/mol. The zero-order chi connectivity index (χ0) is 9.26. The van der Waals surface area contributed by atoms with Gasteiger partial charge >= 0.3 is 0 Å². The number of rotatable bonds is 1. The van der Waals surface area contributed by atoms with Crippen molar-refractivity contribution in [2.75, 3.05) is 13.1 Å². The number of hydrogen-bond acceptors (Lipinski definition) is 2. The maximum Gasteiger partial charge on any atom is 0.147 e. The van der Waals surface area contributed by atoms with Crippen LogP contribution in [0.25, 0.3) is 0 Å². The van der Waals surface area contributed by atoms with Crippen molar-refractivity contribution >= 4 is 21.7 Å². The molecule has 2 aliphatic rings. The molecule has 0 aromatic rings. The third-order valence-corrected chi connectivity index (χ3v) is 4.22. The zero-order valence-electron chi connectivity index (χ0n) is 7.84. The Kier molecular flexibility index (Phi) is 3.04. The smallest absolute Gasteiger partial charge is 0.147 e. The van der Waals surface area contributed by atoms with Crippen molar-refractivity contribution in [1.29, 1.82) is 0 Å². The number of nitrogens with zero attached hydrogens (tertiary/aromatic N) is 1. The van der Waals surface area contributed by atoms with Crippen LogP contribution < -0.4 is 0 Å². The van der Waals surface area contributed by atoms with Crippen molar-refractivity contribution in [2.24, 2.45) is 0 Å². The Morgan fingerprint density at radius 1 is 1.23 bits per heavy atom. The predicted molar refractivity (Wildman–Crippen MR) is 56.2 cm³/mol. The molecule has 2 fully saturated rings. The van der Waals surface area contributed by atoms with Crippen LogP contribution in [0.2, 0.25) is 0 Å². The molecule has 0 N–H and O–H groups in total. The molecule has 1 aliphatic heterocycles. The lowest BCUT2D eigenvalue weighted by Crippen LogP contribution is -2.40. The van der Waals surface area contributed by atoms with E-state index in [4.69, 9.17) is 0 Å². The first-order chi connectivity index (χ1) is 6.27. The second-order valence-electron chi connectivity index (χ2n) is 4.09. The fourth-order valence-corrected chi connectivity index (χ4v) is 2.51. The Hall–Kier alpha value is 0.110. The maximum atomic E-state index is 11.4. The fourth-order valence-electron chi connectivity index (χ4n) is 2.08. The van der Waals surface area contributed by atoms with Crippen molar-refractivity contribution in [3.05, 3.63) is 0 Å². The van der Waals surface area contributed by atoms with E-state index in [1.807, 2.05) is 0 Å². The molecule has 0 bridgehead atoms. The third-order valence-electron chi connectivity index (χ3n) is 3.26. The molecule has 2 nitrogen and oxygen atoms in total. The SMILES string of the molecule is O=C1CCN(C2CCC2)CCC1Br. The molecular formula is C10H16BrNO. The maximum absolute atomic E-state index is 11.4. The molecule has 0 spiro atoms. The van der Waals surface area contributed by atoms with Gasteiger partial charge in [-0.1, -0.05) is 22.4 Å². The molecule has 1 atom stereocenters. The minimum Gasteiger partial charge on any atom is -0.300 e. The number of likely N-dealkylation sites (tertiary alicyclic amines) is 1. The van der Waals surface area contributed by atoms with E-state index in [1.54, 1.807) is 0 Å². The average Bonchev–Trinajstić information content (AvgIpc) is 2.16. The van der Waals surface area contributed by atoms with Crippen LogP contribution in [0, 0.1) is 0 Å². The second kappa shape index (κ2) is 4.09. The molecule has 1 saturated heterocycles. The van der Waals surface area contributed by atoms with Gasteiger partial charge in [-0.3, -0.25) is 9.69 Å². The average molecular weight is 246 g/mol. The topological polar surface area (TPSA) is 20.3 Å². The number of hydrogen-bond donors (Lipinski definition) is 0. The molecule has 1 saturated carbocycles. The lowest BCUT2D eigenvalue weighted by Gasteiger charge is -2.36. The number of carbonyl (C=O) groups excluding carboxylic acids is 1. The van der Waals surface area contributed by atoms with Crippen molar-refractivity contribution in [3.63, 3.8) is 0 Å². The third kappa shape index (κ3) is 2.13. The standard InChI is InChI=1S/C10H16BrNO/c11-9-4-6-12(7-5-10(9)13)8-2-1-3-8/h8-9H,1-7H2. The van der Waals surface area contributed by atoms with Gasteiger partial charge in [0, 0.05) is 19.0 Å². The van der Waals surface area contributed by atoms with Crippen LogP contribution in [0.4, 0.5) is 0 Å². The minimum atomic E-state index is 0.123. The van der Waals surface area contributed by atoms with Gasteiger partial charge in [-0.05, 0) is 25.8 Å². The normalized spacial score (nSPS) is 32.7. The summed E-state index contributed by atoms with van der Waals surface area (Å²) >= 11 is 3.44. The molecule has 0 radical (unpaired) electrons. The predicted octanol–water partition coefficient (Wildman–Crippen LogP) is 1.97. The lowest BCUT2D eigenvalue weighted by atomic mass is 9.91. The molecule has 1 aliphatic carbocycles. The quantitative estimate of drug-likeness (QED) is 0.659. The number of halogens is 1. The van der Waals surface area contributed by atoms with E-state index in [1.165, 1.54) is 19.3 Å². The highest BCUT2D eigenvalue weighted by Crippen LogP contribution is 2.27. The summed E-state index contributed by atoms with van der Waals surface area (Å²) in [4.78, 5) is 14.0. The summed E-state index contributed by atoms with van der Waals surface area (Å²) in [7, 11) is 0. The molecule has 13 heavy (non-hydrogen) atoms. The fraction of sp³-hybridized carbons (Fsp3) is 0.900. The van der Waals surface area contributed by atoms with E-state index in [0.717, 1.165) is 32.0 Å². The summed E-state index contributed by atoms with van der Waals surface area (Å²) < 4.78 is 0. The molecule has 0 aromatic carbocycles. The number of alkyl halides is 1. The van der Waals surface area contributed by atoms with E-state index in [9.17, 15) is 4.79 Å². The summed E-state index contributed by atoms with van der Waals surface area (Å²) in [5.74, 6) is 0.391. The molecule has 1 heterocycles. The van der Waals surface area contributed by atoms with Crippen molar-refractivity contribution in [1.82, 2.24) is 4.90 Å². The van der Waals surface area contributed by atoms with Crippen LogP contribution in [-0.4, -0.2) is 34.6 Å². The minimum absolute atomic E-state index is 0.123. The molecule has 2 rings (SSSR count). The Labute approximate surface area is 87.8 Å². The molecule has 1 unspecified atom stereocenters. The number of carbonyl (C=O) groups is 1. The highest BCUT2D eigenvalue weighted by molar-refractivity contribution is 9.10. The highest BCUT2D eigenvalue weighted by Gasteiger charge is 2.29. The summed E-state index contributed by atoms with van der Waals surface area (Å²) in [6.07, 6.45) is 5.82. The van der Waals surface area contributed by atoms with Crippen LogP contribution in [0.3, 0.4) is 0 Å². The van der Waals surface area contributed by atoms with Gasteiger partial charge in [-0.2, -0.15) is 0 Å². The summed E-state index contributed by atoms with van der Waals surface area (Å²) in [5, 5.41) is 0. The Morgan fingerprint density at radius 3 is 2.62 bits per heavy atom. The monoisotopic (exact) mass is 245 g/mol. The van der Waals surface area contributed by atoms with Gasteiger partial charge in [0.25, 0.3) is 0 Å². The Balaban J connectivity index is 1.89. The van der Waals surface area contributed by atoms with Crippen LogP contribution in [0.1, 0.15) is 32.1 Å². The Morgan fingerprint density at radius 2 is 2.00 bits per heavy atom. The van der Waals surface area contributed by atoms with Crippen LogP contribution >= 0.6 is 15.9 Å². The largest absolute Gasteiger partial charge is 0.300 e. The van der Waals surface area contributed by atoms with Gasteiger partial charge in [0.1, 0.15) is 5.78 Å². The highest BCUT2D eigenvalue weighted by atomic mass is 79.9. The van der Waals surface area contributed by atoms with Crippen molar-refractivity contribution in [2.45, 2.75) is 43.0 Å². The molecule has 74 valence electrons. The molecule has 0 aromatic heterocycles. The van der Waals surface area contributed by atoms with Gasteiger partial charge in [0.05, 0.1) is 4.83 Å². The molecule has 3 heteroatoms. The van der Waals surface area contributed by atoms with Crippen molar-refractivity contribution < 1.29 is 4.79 Å². The summed E-state index contributed by atoms with van der Waals surface area (Å²) in [5.41, 5.74) is 0. The number of ketones is 1. The molecule has 0 amide bonds. The Bertz CT molecular complexity index is 203. The first-order valence-corrected chi connectivity index (χ1v) is 6.10. The summed E-state index contributed by atoms with van der Waals surface area (Å²) in [6.45, 7) is 2.10. The zero-order valence-corrected chi connectivity index (χ0v) is 9.42.